The monoisotopic (exact) mass is 556 g/mol. The molecular weight excluding hydrogens is 523 g/mol. The van der Waals surface area contributed by atoms with Gasteiger partial charge in [0.05, 0.1) is 28.3 Å². The van der Waals surface area contributed by atoms with Gasteiger partial charge in [-0.25, -0.2) is 9.97 Å². The van der Waals surface area contributed by atoms with Crippen molar-refractivity contribution in [3.8, 4) is 0 Å². The SMILES string of the molecule is N=Cc1nc(NCc2ccc(Cl)c(Cl)c2)[nH]c(=O)c1CCCC1CCCCC(CC(=O)c2cnc[nH]2)CC1. The minimum absolute atomic E-state index is 0.144. The number of hydrogen-bond donors (Lipinski definition) is 4. The van der Waals surface area contributed by atoms with Crippen molar-refractivity contribution in [1.82, 2.24) is 19.9 Å². The molecule has 4 rings (SSSR count). The van der Waals surface area contributed by atoms with Gasteiger partial charge in [0.2, 0.25) is 5.95 Å². The van der Waals surface area contributed by atoms with Crippen LogP contribution in [-0.4, -0.2) is 31.9 Å². The zero-order valence-corrected chi connectivity index (χ0v) is 22.9. The zero-order chi connectivity index (χ0) is 26.9. The third kappa shape index (κ3) is 7.77. The summed E-state index contributed by atoms with van der Waals surface area (Å²) in [6.07, 6.45) is 14.1. The van der Waals surface area contributed by atoms with E-state index in [9.17, 15) is 9.59 Å². The van der Waals surface area contributed by atoms with Gasteiger partial charge < -0.3 is 15.7 Å². The molecule has 38 heavy (non-hydrogen) atoms. The van der Waals surface area contributed by atoms with E-state index in [0.29, 0.717) is 64.2 Å². The number of rotatable bonds is 11. The fourth-order valence-electron chi connectivity index (χ4n) is 5.26. The number of aromatic nitrogens is 4. The van der Waals surface area contributed by atoms with Crippen molar-refractivity contribution in [2.75, 3.05) is 5.32 Å². The Morgan fingerprint density at radius 2 is 1.92 bits per heavy atom. The first-order valence-corrected chi connectivity index (χ1v) is 14.0. The maximum atomic E-state index is 12.8. The molecule has 0 saturated heterocycles. The van der Waals surface area contributed by atoms with Crippen molar-refractivity contribution in [2.45, 2.75) is 70.8 Å². The fourth-order valence-corrected chi connectivity index (χ4v) is 5.58. The topological polar surface area (TPSA) is 127 Å². The maximum Gasteiger partial charge on any atom is 0.256 e. The third-order valence-corrected chi connectivity index (χ3v) is 8.14. The number of aromatic amines is 2. The van der Waals surface area contributed by atoms with Gasteiger partial charge in [0, 0.05) is 24.7 Å². The molecule has 2 atom stereocenters. The predicted octanol–water partition coefficient (Wildman–Crippen LogP) is 6.59. The van der Waals surface area contributed by atoms with Crippen LogP contribution < -0.4 is 10.9 Å². The molecule has 8 nitrogen and oxygen atoms in total. The molecule has 1 fully saturated rings. The number of imidazole rings is 1. The molecule has 0 spiro atoms. The summed E-state index contributed by atoms with van der Waals surface area (Å²) in [5.74, 6) is 1.46. The lowest BCUT2D eigenvalue weighted by molar-refractivity contribution is 0.0946. The molecule has 1 aliphatic carbocycles. The first-order valence-electron chi connectivity index (χ1n) is 13.3. The third-order valence-electron chi connectivity index (χ3n) is 7.40. The van der Waals surface area contributed by atoms with Gasteiger partial charge in [0.15, 0.2) is 5.78 Å². The molecule has 0 bridgehead atoms. The first kappa shape index (κ1) is 28.0. The average Bonchev–Trinajstić information content (AvgIpc) is 3.44. The quantitative estimate of drug-likeness (QED) is 0.156. The van der Waals surface area contributed by atoms with Crippen molar-refractivity contribution in [3.05, 3.63) is 73.6 Å². The highest BCUT2D eigenvalue weighted by Crippen LogP contribution is 2.31. The Hall–Kier alpha value is -2.97. The first-order chi connectivity index (χ1) is 18.4. The van der Waals surface area contributed by atoms with E-state index in [1.54, 1.807) is 24.7 Å². The lowest BCUT2D eigenvalue weighted by atomic mass is 9.81. The van der Waals surface area contributed by atoms with Crippen LogP contribution in [-0.2, 0) is 13.0 Å². The molecule has 202 valence electrons. The van der Waals surface area contributed by atoms with E-state index in [1.807, 2.05) is 6.07 Å². The smallest absolute Gasteiger partial charge is 0.256 e. The number of anilines is 1. The van der Waals surface area contributed by atoms with E-state index in [-0.39, 0.29) is 11.3 Å². The van der Waals surface area contributed by atoms with Crippen molar-refractivity contribution in [1.29, 1.82) is 5.41 Å². The Kier molecular flexibility index (Phi) is 10.1. The molecule has 2 heterocycles. The Morgan fingerprint density at radius 1 is 1.13 bits per heavy atom. The van der Waals surface area contributed by atoms with Crippen LogP contribution in [0, 0.1) is 17.2 Å². The molecule has 10 heteroatoms. The lowest BCUT2D eigenvalue weighted by Gasteiger charge is -2.24. The molecular formula is C28H34Cl2N6O2. The molecule has 1 aliphatic rings. The fraction of sp³-hybridized carbons (Fsp3) is 0.464. The van der Waals surface area contributed by atoms with Crippen LogP contribution in [0.25, 0.3) is 0 Å². The number of Topliss-reactive ketones (excluding diaryl/α,β-unsaturated/α-hetero) is 1. The standard InChI is InChI=1S/C28H34Cl2N6O2/c29-22-11-10-20(12-23(22)30)15-33-28-35-24(14-31)21(27(38)36-28)7-3-6-18-4-1-2-5-19(9-8-18)13-26(37)25-16-32-17-34-25/h10-12,14,16-19,31H,1-9,13,15H2,(H,32,34)(H2,33,35,36,38). The van der Waals surface area contributed by atoms with Crippen molar-refractivity contribution in [3.63, 3.8) is 0 Å². The number of hydrogen-bond acceptors (Lipinski definition) is 6. The number of ketones is 1. The van der Waals surface area contributed by atoms with Crippen LogP contribution in [0.1, 0.15) is 85.1 Å². The second kappa shape index (κ2) is 13.7. The van der Waals surface area contributed by atoms with E-state index in [2.05, 4.69) is 25.3 Å². The minimum atomic E-state index is -0.217. The number of carbonyl (C=O) groups is 1. The van der Waals surface area contributed by atoms with E-state index in [0.717, 1.165) is 50.3 Å². The summed E-state index contributed by atoms with van der Waals surface area (Å²) in [5.41, 5.74) is 2.22. The Morgan fingerprint density at radius 3 is 2.66 bits per heavy atom. The second-order valence-corrected chi connectivity index (χ2v) is 10.9. The van der Waals surface area contributed by atoms with Gasteiger partial charge >= 0.3 is 0 Å². The molecule has 2 unspecified atom stereocenters. The second-order valence-electron chi connectivity index (χ2n) is 10.1. The summed E-state index contributed by atoms with van der Waals surface area (Å²) in [6.45, 7) is 0.410. The molecule has 2 aromatic heterocycles. The van der Waals surface area contributed by atoms with Crippen LogP contribution >= 0.6 is 23.2 Å². The maximum absolute atomic E-state index is 12.8. The lowest BCUT2D eigenvalue weighted by Crippen LogP contribution is -2.21. The molecule has 0 radical (unpaired) electrons. The van der Waals surface area contributed by atoms with Crippen LogP contribution in [0.5, 0.6) is 0 Å². The zero-order valence-electron chi connectivity index (χ0n) is 21.4. The molecule has 1 saturated carbocycles. The van der Waals surface area contributed by atoms with Gasteiger partial charge in [0.1, 0.15) is 5.69 Å². The highest BCUT2D eigenvalue weighted by atomic mass is 35.5. The van der Waals surface area contributed by atoms with Crippen LogP contribution in [0.15, 0.2) is 35.5 Å². The molecule has 4 N–H and O–H groups in total. The van der Waals surface area contributed by atoms with Crippen molar-refractivity contribution in [2.24, 2.45) is 11.8 Å². The summed E-state index contributed by atoms with van der Waals surface area (Å²) in [6, 6.07) is 5.33. The Labute approximate surface area is 232 Å². The van der Waals surface area contributed by atoms with Crippen molar-refractivity contribution >= 4 is 41.1 Å². The minimum Gasteiger partial charge on any atom is -0.352 e. The number of H-pyrrole nitrogens is 2. The van der Waals surface area contributed by atoms with E-state index in [1.165, 1.54) is 12.8 Å². The van der Waals surface area contributed by atoms with Crippen molar-refractivity contribution < 1.29 is 4.79 Å². The predicted molar refractivity (Wildman–Crippen MR) is 152 cm³/mol. The van der Waals surface area contributed by atoms with Crippen LogP contribution in [0.4, 0.5) is 5.95 Å². The number of nitrogens with one attached hydrogen (secondary N) is 4. The summed E-state index contributed by atoms with van der Waals surface area (Å²) in [7, 11) is 0. The molecule has 1 aromatic carbocycles. The summed E-state index contributed by atoms with van der Waals surface area (Å²) in [4.78, 5) is 39.5. The van der Waals surface area contributed by atoms with Gasteiger partial charge in [-0.1, -0.05) is 67.8 Å². The highest BCUT2D eigenvalue weighted by Gasteiger charge is 2.21. The molecule has 3 aromatic rings. The van der Waals surface area contributed by atoms with Gasteiger partial charge in [-0.05, 0) is 48.8 Å². The number of halogens is 2. The van der Waals surface area contributed by atoms with Gasteiger partial charge in [-0.2, -0.15) is 0 Å². The summed E-state index contributed by atoms with van der Waals surface area (Å²) >= 11 is 12.0. The number of benzene rings is 1. The number of carbonyl (C=O) groups excluding carboxylic acids is 1. The van der Waals surface area contributed by atoms with Gasteiger partial charge in [-0.3, -0.25) is 14.6 Å². The Bertz CT molecular complexity index is 1290. The summed E-state index contributed by atoms with van der Waals surface area (Å²) in [5, 5.41) is 11.8. The van der Waals surface area contributed by atoms with Crippen LogP contribution in [0.3, 0.4) is 0 Å². The molecule has 0 amide bonds. The van der Waals surface area contributed by atoms with E-state index < -0.39 is 0 Å². The van der Waals surface area contributed by atoms with Crippen LogP contribution in [0.2, 0.25) is 10.0 Å². The Balaban J connectivity index is 1.29. The van der Waals surface area contributed by atoms with E-state index in [4.69, 9.17) is 28.6 Å². The van der Waals surface area contributed by atoms with Gasteiger partial charge in [-0.15, -0.1) is 0 Å². The highest BCUT2D eigenvalue weighted by molar-refractivity contribution is 6.42. The normalized spacial score (nSPS) is 17.9. The van der Waals surface area contributed by atoms with E-state index >= 15 is 0 Å². The van der Waals surface area contributed by atoms with Gasteiger partial charge in [0.25, 0.3) is 5.56 Å². The molecule has 0 aliphatic heterocycles. The largest absolute Gasteiger partial charge is 0.352 e. The summed E-state index contributed by atoms with van der Waals surface area (Å²) < 4.78 is 0. The number of nitrogens with zero attached hydrogens (tertiary/aromatic N) is 2. The average molecular weight is 558 g/mol.